The third kappa shape index (κ3) is 4.53. The number of furan rings is 1. The van der Waals surface area contributed by atoms with Crippen LogP contribution in [0.1, 0.15) is 17.5 Å². The van der Waals surface area contributed by atoms with E-state index in [0.717, 1.165) is 0 Å². The Morgan fingerprint density at radius 3 is 2.39 bits per heavy atom. The highest BCUT2D eigenvalue weighted by molar-refractivity contribution is 5.94. The van der Waals surface area contributed by atoms with Crippen molar-refractivity contribution < 1.29 is 27.5 Å². The van der Waals surface area contributed by atoms with Gasteiger partial charge in [-0.2, -0.15) is 0 Å². The second-order valence-electron chi connectivity index (χ2n) is 5.80. The zero-order valence-corrected chi connectivity index (χ0v) is 14.7. The number of ether oxygens (including phenoxy) is 1. The first kappa shape index (κ1) is 19.1. The molecule has 0 spiro atoms. The third-order valence-corrected chi connectivity index (χ3v) is 3.76. The van der Waals surface area contributed by atoms with Gasteiger partial charge in [-0.05, 0) is 55.5 Å². The van der Waals surface area contributed by atoms with Crippen LogP contribution in [-0.4, -0.2) is 17.9 Å². The van der Waals surface area contributed by atoms with Crippen LogP contribution in [-0.2, 0) is 4.79 Å². The second-order valence-corrected chi connectivity index (χ2v) is 5.80. The Kier molecular flexibility index (Phi) is 5.69. The van der Waals surface area contributed by atoms with Crippen LogP contribution in [0.4, 0.5) is 8.78 Å². The van der Waals surface area contributed by atoms with Crippen molar-refractivity contribution in [2.45, 2.75) is 13.0 Å². The van der Waals surface area contributed by atoms with Gasteiger partial charge in [0.05, 0.1) is 5.56 Å². The Morgan fingerprint density at radius 2 is 1.68 bits per heavy atom. The molecule has 6 nitrogen and oxygen atoms in total. The van der Waals surface area contributed by atoms with Gasteiger partial charge < -0.3 is 9.15 Å². The van der Waals surface area contributed by atoms with Crippen molar-refractivity contribution in [2.75, 3.05) is 0 Å². The first-order valence-corrected chi connectivity index (χ1v) is 8.31. The van der Waals surface area contributed by atoms with E-state index in [0.29, 0.717) is 5.75 Å². The van der Waals surface area contributed by atoms with Crippen molar-refractivity contribution in [3.8, 4) is 17.1 Å². The van der Waals surface area contributed by atoms with E-state index in [4.69, 9.17) is 9.15 Å². The summed E-state index contributed by atoms with van der Waals surface area (Å²) in [6, 6.07) is 14.0. The average molecular weight is 386 g/mol. The largest absolute Gasteiger partial charge is 0.481 e. The summed E-state index contributed by atoms with van der Waals surface area (Å²) in [5.74, 6) is -1.87. The molecule has 1 heterocycles. The van der Waals surface area contributed by atoms with Gasteiger partial charge in [-0.15, -0.1) is 0 Å². The fourth-order valence-corrected chi connectivity index (χ4v) is 2.32. The lowest BCUT2D eigenvalue weighted by Gasteiger charge is -2.14. The summed E-state index contributed by atoms with van der Waals surface area (Å²) < 4.78 is 37.3. The predicted octanol–water partition coefficient (Wildman–Crippen LogP) is 3.45. The number of halogens is 2. The molecule has 3 rings (SSSR count). The van der Waals surface area contributed by atoms with Crippen LogP contribution in [0.5, 0.6) is 5.75 Å². The molecule has 8 heteroatoms. The number of carbonyl (C=O) groups excluding carboxylic acids is 2. The van der Waals surface area contributed by atoms with E-state index in [1.807, 2.05) is 0 Å². The highest BCUT2D eigenvalue weighted by atomic mass is 19.1. The van der Waals surface area contributed by atoms with Crippen LogP contribution in [0.15, 0.2) is 65.1 Å². The summed E-state index contributed by atoms with van der Waals surface area (Å²) in [6.07, 6.45) is -0.948. The van der Waals surface area contributed by atoms with Crippen molar-refractivity contribution in [3.63, 3.8) is 0 Å². The highest BCUT2D eigenvalue weighted by Gasteiger charge is 2.18. The molecular formula is C20H16F2N2O4. The minimum Gasteiger partial charge on any atom is -0.481 e. The van der Waals surface area contributed by atoms with Crippen LogP contribution >= 0.6 is 0 Å². The summed E-state index contributed by atoms with van der Waals surface area (Å²) >= 11 is 0. The monoisotopic (exact) mass is 386 g/mol. The molecule has 0 aliphatic rings. The number of hydrogen-bond donors (Lipinski definition) is 2. The van der Waals surface area contributed by atoms with Gasteiger partial charge >= 0.3 is 5.91 Å². The topological polar surface area (TPSA) is 80.6 Å². The van der Waals surface area contributed by atoms with Crippen molar-refractivity contribution in [1.29, 1.82) is 0 Å². The number of amides is 2. The lowest BCUT2D eigenvalue weighted by Crippen LogP contribution is -2.47. The van der Waals surface area contributed by atoms with Gasteiger partial charge in [0.2, 0.25) is 0 Å². The second kappa shape index (κ2) is 8.34. The van der Waals surface area contributed by atoms with Gasteiger partial charge in [0.1, 0.15) is 23.1 Å². The molecule has 0 aliphatic heterocycles. The molecule has 0 aliphatic carbocycles. The Bertz CT molecular complexity index is 986. The number of rotatable bonds is 5. The van der Waals surface area contributed by atoms with E-state index in [-0.39, 0.29) is 17.1 Å². The predicted molar refractivity (Wildman–Crippen MR) is 96.2 cm³/mol. The average Bonchev–Trinajstić information content (AvgIpc) is 3.18. The van der Waals surface area contributed by atoms with Crippen LogP contribution < -0.4 is 15.6 Å². The van der Waals surface area contributed by atoms with E-state index in [1.165, 1.54) is 55.5 Å². The lowest BCUT2D eigenvalue weighted by atomic mass is 10.1. The van der Waals surface area contributed by atoms with Gasteiger partial charge in [-0.25, -0.2) is 8.78 Å². The van der Waals surface area contributed by atoms with Crippen molar-refractivity contribution >= 4 is 11.8 Å². The molecule has 1 atom stereocenters. The molecule has 0 saturated heterocycles. The molecule has 3 aromatic rings. The Labute approximate surface area is 159 Å². The molecule has 0 bridgehead atoms. The Balaban J connectivity index is 1.56. The molecule has 2 aromatic carbocycles. The van der Waals surface area contributed by atoms with Crippen molar-refractivity contribution in [3.05, 3.63) is 78.1 Å². The van der Waals surface area contributed by atoms with Crippen LogP contribution in [0, 0.1) is 11.6 Å². The zero-order valence-electron chi connectivity index (χ0n) is 14.7. The Morgan fingerprint density at radius 1 is 0.964 bits per heavy atom. The molecule has 0 unspecified atom stereocenters. The van der Waals surface area contributed by atoms with E-state index < -0.39 is 29.6 Å². The lowest BCUT2D eigenvalue weighted by molar-refractivity contribution is -0.128. The summed E-state index contributed by atoms with van der Waals surface area (Å²) in [6.45, 7) is 1.47. The number of hydrogen-bond acceptors (Lipinski definition) is 4. The van der Waals surface area contributed by atoms with Crippen LogP contribution in [0.25, 0.3) is 11.3 Å². The molecule has 0 radical (unpaired) electrons. The molecule has 1 aromatic heterocycles. The summed E-state index contributed by atoms with van der Waals surface area (Å²) in [5, 5.41) is 0. The zero-order chi connectivity index (χ0) is 20.1. The molecule has 2 amide bonds. The fraction of sp³-hybridized carbons (Fsp3) is 0.100. The van der Waals surface area contributed by atoms with E-state index in [2.05, 4.69) is 10.9 Å². The maximum absolute atomic E-state index is 13.8. The molecule has 2 N–H and O–H groups in total. The summed E-state index contributed by atoms with van der Waals surface area (Å²) in [4.78, 5) is 24.1. The highest BCUT2D eigenvalue weighted by Crippen LogP contribution is 2.24. The smallest absolute Gasteiger partial charge is 0.305 e. The van der Waals surface area contributed by atoms with Crippen LogP contribution in [0.2, 0.25) is 0 Å². The first-order chi connectivity index (χ1) is 13.4. The quantitative estimate of drug-likeness (QED) is 0.658. The SMILES string of the molecule is C[C@H](Oc1ccc(F)cc1)C(=O)NNC(=O)c1ccc(-c2ccccc2F)o1. The fourth-order valence-electron chi connectivity index (χ4n) is 2.32. The Hall–Kier alpha value is -3.68. The minimum atomic E-state index is -0.948. The maximum Gasteiger partial charge on any atom is 0.305 e. The van der Waals surface area contributed by atoms with Gasteiger partial charge in [-0.3, -0.25) is 20.4 Å². The van der Waals surface area contributed by atoms with E-state index >= 15 is 0 Å². The number of hydrazine groups is 1. The number of benzene rings is 2. The standard InChI is InChI=1S/C20H16F2N2O4/c1-12(27-14-8-6-13(21)7-9-14)19(25)23-24-20(26)18-11-10-17(28-18)15-4-2-3-5-16(15)22/h2-12H,1H3,(H,23,25)(H,24,26)/t12-/m0/s1. The number of carbonyl (C=O) groups is 2. The third-order valence-electron chi connectivity index (χ3n) is 3.76. The summed E-state index contributed by atoms with van der Waals surface area (Å²) in [7, 11) is 0. The van der Waals surface area contributed by atoms with Crippen molar-refractivity contribution in [1.82, 2.24) is 10.9 Å². The van der Waals surface area contributed by atoms with Gasteiger partial charge in [0.15, 0.2) is 11.9 Å². The molecule has 144 valence electrons. The first-order valence-electron chi connectivity index (χ1n) is 8.31. The molecule has 0 saturated carbocycles. The van der Waals surface area contributed by atoms with Crippen LogP contribution in [0.3, 0.4) is 0 Å². The summed E-state index contributed by atoms with van der Waals surface area (Å²) in [5.41, 5.74) is 4.60. The number of nitrogens with one attached hydrogen (secondary N) is 2. The van der Waals surface area contributed by atoms with E-state index in [9.17, 15) is 18.4 Å². The van der Waals surface area contributed by atoms with E-state index in [1.54, 1.807) is 12.1 Å². The molecule has 0 fully saturated rings. The normalized spacial score (nSPS) is 11.5. The van der Waals surface area contributed by atoms with Gasteiger partial charge in [-0.1, -0.05) is 12.1 Å². The minimum absolute atomic E-state index is 0.106. The van der Waals surface area contributed by atoms with Gasteiger partial charge in [0.25, 0.3) is 5.91 Å². The molecular weight excluding hydrogens is 370 g/mol. The van der Waals surface area contributed by atoms with Gasteiger partial charge in [0, 0.05) is 0 Å². The maximum atomic E-state index is 13.8. The van der Waals surface area contributed by atoms with Crippen molar-refractivity contribution in [2.24, 2.45) is 0 Å². The molecule has 28 heavy (non-hydrogen) atoms.